The molecule has 0 saturated carbocycles. The van der Waals surface area contributed by atoms with Gasteiger partial charge in [0.05, 0.1) is 13.2 Å². The van der Waals surface area contributed by atoms with E-state index in [0.717, 1.165) is 12.1 Å². The Morgan fingerprint density at radius 2 is 1.80 bits per heavy atom. The minimum atomic E-state index is 0.132. The van der Waals surface area contributed by atoms with Gasteiger partial charge in [0, 0.05) is 12.1 Å². The summed E-state index contributed by atoms with van der Waals surface area (Å²) >= 11 is 0. The highest BCUT2D eigenvalue weighted by atomic mass is 16.5. The Balaban J connectivity index is 1.94. The first-order valence-electron chi connectivity index (χ1n) is 6.33. The Morgan fingerprint density at radius 1 is 1.20 bits per heavy atom. The molecule has 88 valence electrons. The van der Waals surface area contributed by atoms with Gasteiger partial charge in [-0.15, -0.1) is 0 Å². The van der Waals surface area contributed by atoms with Crippen LogP contribution in [0.1, 0.15) is 45.4 Å². The molecule has 2 saturated heterocycles. The quantitative estimate of drug-likeness (QED) is 0.772. The maximum Gasteiger partial charge on any atom is 0.108 e. The van der Waals surface area contributed by atoms with Crippen LogP contribution in [0.2, 0.25) is 0 Å². The van der Waals surface area contributed by atoms with Crippen LogP contribution < -0.4 is 0 Å². The van der Waals surface area contributed by atoms with Gasteiger partial charge >= 0.3 is 0 Å². The van der Waals surface area contributed by atoms with Crippen LogP contribution in [0.3, 0.4) is 0 Å². The average molecular weight is 213 g/mol. The molecule has 3 unspecified atom stereocenters. The van der Waals surface area contributed by atoms with Crippen molar-refractivity contribution in [2.45, 2.75) is 63.8 Å². The van der Waals surface area contributed by atoms with Gasteiger partial charge in [-0.1, -0.05) is 12.8 Å². The van der Waals surface area contributed by atoms with Crippen LogP contribution in [0.5, 0.6) is 0 Å². The first kappa shape index (κ1) is 11.4. The van der Waals surface area contributed by atoms with Crippen molar-refractivity contribution in [3.8, 4) is 0 Å². The molecule has 0 radical (unpaired) electrons. The van der Waals surface area contributed by atoms with Crippen LogP contribution >= 0.6 is 0 Å². The first-order chi connectivity index (χ1) is 7.33. The molecule has 0 spiro atoms. The van der Waals surface area contributed by atoms with Crippen LogP contribution in [0.25, 0.3) is 0 Å². The lowest BCUT2D eigenvalue weighted by molar-refractivity contribution is -0.0786. The van der Waals surface area contributed by atoms with E-state index in [0.29, 0.717) is 6.61 Å². The highest BCUT2D eigenvalue weighted by Gasteiger charge is 2.37. The Labute approximate surface area is 92.4 Å². The second-order valence-corrected chi connectivity index (χ2v) is 4.81. The fourth-order valence-electron chi connectivity index (χ4n) is 3.23. The zero-order chi connectivity index (χ0) is 10.7. The molecule has 2 heterocycles. The highest BCUT2D eigenvalue weighted by Crippen LogP contribution is 2.35. The lowest BCUT2D eigenvalue weighted by atomic mass is 10.0. The number of ether oxygens (including phenoxy) is 1. The van der Waals surface area contributed by atoms with Crippen molar-refractivity contribution in [2.75, 3.05) is 13.2 Å². The lowest BCUT2D eigenvalue weighted by Crippen LogP contribution is -2.43. The molecule has 2 bridgehead atoms. The van der Waals surface area contributed by atoms with E-state index in [1.54, 1.807) is 0 Å². The molecular weight excluding hydrogens is 190 g/mol. The molecule has 3 atom stereocenters. The molecular formula is C12H23NO2. The molecule has 0 aromatic heterocycles. The minimum absolute atomic E-state index is 0.132. The van der Waals surface area contributed by atoms with Crippen molar-refractivity contribution in [3.63, 3.8) is 0 Å². The molecule has 3 heteroatoms. The summed E-state index contributed by atoms with van der Waals surface area (Å²) in [6.45, 7) is 2.73. The van der Waals surface area contributed by atoms with Crippen LogP contribution in [-0.2, 0) is 4.74 Å². The van der Waals surface area contributed by atoms with E-state index in [1.807, 2.05) is 0 Å². The normalized spacial score (nSPS) is 34.0. The lowest BCUT2D eigenvalue weighted by Gasteiger charge is -2.33. The minimum Gasteiger partial charge on any atom is -0.394 e. The summed E-state index contributed by atoms with van der Waals surface area (Å²) in [5.41, 5.74) is 0. The fraction of sp³-hybridized carbons (Fsp3) is 1.00. The van der Waals surface area contributed by atoms with Gasteiger partial charge in [-0.05, 0) is 32.6 Å². The number of fused-ring (bicyclic) bond motifs is 2. The van der Waals surface area contributed by atoms with Gasteiger partial charge in [-0.25, -0.2) is 0 Å². The summed E-state index contributed by atoms with van der Waals surface area (Å²) in [5.74, 6) is 0. The number of nitrogens with zero attached hydrogens (tertiary/aromatic N) is 1. The molecule has 2 aliphatic heterocycles. The van der Waals surface area contributed by atoms with Crippen molar-refractivity contribution in [1.82, 2.24) is 4.90 Å². The molecule has 0 aromatic carbocycles. The molecule has 0 aromatic rings. The van der Waals surface area contributed by atoms with Crippen LogP contribution in [-0.4, -0.2) is 41.5 Å². The monoisotopic (exact) mass is 213 g/mol. The van der Waals surface area contributed by atoms with Gasteiger partial charge in [-0.2, -0.15) is 0 Å². The predicted molar refractivity (Wildman–Crippen MR) is 59.6 cm³/mol. The van der Waals surface area contributed by atoms with Crippen molar-refractivity contribution in [3.05, 3.63) is 0 Å². The average Bonchev–Trinajstić information content (AvgIpc) is 2.49. The van der Waals surface area contributed by atoms with Crippen molar-refractivity contribution in [1.29, 1.82) is 0 Å². The van der Waals surface area contributed by atoms with Crippen molar-refractivity contribution >= 4 is 0 Å². The number of rotatable bonds is 4. The second-order valence-electron chi connectivity index (χ2n) is 4.81. The Bertz CT molecular complexity index is 184. The van der Waals surface area contributed by atoms with Crippen molar-refractivity contribution < 1.29 is 9.84 Å². The molecule has 2 rings (SSSR count). The molecule has 2 aliphatic rings. The van der Waals surface area contributed by atoms with Crippen LogP contribution in [0.15, 0.2) is 0 Å². The van der Waals surface area contributed by atoms with Gasteiger partial charge in [0.1, 0.15) is 6.23 Å². The SMILES string of the molecule is CC(OCCO)N1C2CCCCC1CC2. The summed E-state index contributed by atoms with van der Waals surface area (Å²) < 4.78 is 5.64. The fourth-order valence-corrected chi connectivity index (χ4v) is 3.23. The second kappa shape index (κ2) is 5.28. The van der Waals surface area contributed by atoms with Gasteiger partial charge < -0.3 is 9.84 Å². The third kappa shape index (κ3) is 2.52. The van der Waals surface area contributed by atoms with E-state index in [4.69, 9.17) is 9.84 Å². The maximum absolute atomic E-state index is 8.77. The maximum atomic E-state index is 8.77. The van der Waals surface area contributed by atoms with Crippen LogP contribution in [0.4, 0.5) is 0 Å². The van der Waals surface area contributed by atoms with E-state index >= 15 is 0 Å². The third-order valence-electron chi connectivity index (χ3n) is 3.87. The molecule has 0 amide bonds. The predicted octanol–water partition coefficient (Wildman–Crippen LogP) is 1.75. The first-order valence-corrected chi connectivity index (χ1v) is 6.33. The Morgan fingerprint density at radius 3 is 2.33 bits per heavy atom. The molecule has 2 fully saturated rings. The van der Waals surface area contributed by atoms with Gasteiger partial charge in [0.15, 0.2) is 0 Å². The molecule has 3 nitrogen and oxygen atoms in total. The van der Waals surface area contributed by atoms with E-state index in [1.165, 1.54) is 38.5 Å². The molecule has 0 aliphatic carbocycles. The van der Waals surface area contributed by atoms with Gasteiger partial charge in [0.2, 0.25) is 0 Å². The Kier molecular flexibility index (Phi) is 4.00. The third-order valence-corrected chi connectivity index (χ3v) is 3.87. The van der Waals surface area contributed by atoms with Gasteiger partial charge in [0.25, 0.3) is 0 Å². The van der Waals surface area contributed by atoms with Crippen molar-refractivity contribution in [2.24, 2.45) is 0 Å². The number of aliphatic hydroxyl groups excluding tert-OH is 1. The van der Waals surface area contributed by atoms with E-state index in [9.17, 15) is 0 Å². The summed E-state index contributed by atoms with van der Waals surface area (Å²) in [6, 6.07) is 1.48. The largest absolute Gasteiger partial charge is 0.394 e. The summed E-state index contributed by atoms with van der Waals surface area (Å²) in [7, 11) is 0. The topological polar surface area (TPSA) is 32.7 Å². The van der Waals surface area contributed by atoms with E-state index in [-0.39, 0.29) is 12.8 Å². The van der Waals surface area contributed by atoms with Gasteiger partial charge in [-0.3, -0.25) is 4.90 Å². The number of hydrogen-bond donors (Lipinski definition) is 1. The smallest absolute Gasteiger partial charge is 0.108 e. The highest BCUT2D eigenvalue weighted by molar-refractivity contribution is 4.90. The Hall–Kier alpha value is -0.120. The summed E-state index contributed by atoms with van der Waals surface area (Å²) in [6.07, 6.45) is 8.31. The van der Waals surface area contributed by atoms with E-state index in [2.05, 4.69) is 11.8 Å². The summed E-state index contributed by atoms with van der Waals surface area (Å²) in [4.78, 5) is 2.56. The standard InChI is InChI=1S/C12H23NO2/c1-10(15-9-8-14)13-11-4-2-3-5-12(13)7-6-11/h10-12,14H,2-9H2,1H3. The zero-order valence-electron chi connectivity index (χ0n) is 9.69. The summed E-state index contributed by atoms with van der Waals surface area (Å²) in [5, 5.41) is 8.77. The van der Waals surface area contributed by atoms with E-state index < -0.39 is 0 Å². The molecule has 1 N–H and O–H groups in total. The zero-order valence-corrected chi connectivity index (χ0v) is 9.69. The number of hydrogen-bond acceptors (Lipinski definition) is 3. The number of aliphatic hydroxyl groups is 1. The van der Waals surface area contributed by atoms with Crippen LogP contribution in [0, 0.1) is 0 Å². The molecule has 15 heavy (non-hydrogen) atoms.